The molecule has 5 nitrogen and oxygen atoms in total. The van der Waals surface area contributed by atoms with Crippen molar-refractivity contribution in [1.82, 2.24) is 15.5 Å². The second-order valence-electron chi connectivity index (χ2n) is 7.09. The molecule has 0 spiro atoms. The summed E-state index contributed by atoms with van der Waals surface area (Å²) < 4.78 is 0. The molecule has 24 heavy (non-hydrogen) atoms. The second-order valence-corrected chi connectivity index (χ2v) is 7.09. The van der Waals surface area contributed by atoms with Crippen LogP contribution in [0.25, 0.3) is 0 Å². The summed E-state index contributed by atoms with van der Waals surface area (Å²) in [6.45, 7) is 3.31. The Morgan fingerprint density at radius 2 is 1.67 bits per heavy atom. The Kier molecular flexibility index (Phi) is 10.3. The smallest absolute Gasteiger partial charge is 0.224 e. The number of halogens is 1. The number of hydrogen-bond acceptors (Lipinski definition) is 3. The molecule has 1 heterocycles. The third kappa shape index (κ3) is 6.98. The van der Waals surface area contributed by atoms with Gasteiger partial charge >= 0.3 is 0 Å². The summed E-state index contributed by atoms with van der Waals surface area (Å²) in [5.74, 6) is 1.28. The van der Waals surface area contributed by atoms with Crippen molar-refractivity contribution in [3.8, 4) is 0 Å². The van der Waals surface area contributed by atoms with Gasteiger partial charge in [0.05, 0.1) is 0 Å². The maximum Gasteiger partial charge on any atom is 0.224 e. The molecule has 0 unspecified atom stereocenters. The monoisotopic (exact) mass is 359 g/mol. The van der Waals surface area contributed by atoms with E-state index in [0.717, 1.165) is 51.2 Å². The van der Waals surface area contributed by atoms with Crippen LogP contribution in [0.2, 0.25) is 0 Å². The standard InChI is InChI=1S/C18H33N3O2.ClH/c1-19-11-7-15-9-13-21(14-10-15)17(22)8-12-20-18(23)16-5-3-2-4-6-16;/h15-16,19H,2-14H2,1H3,(H,20,23);1H. The molecule has 1 saturated heterocycles. The van der Waals surface area contributed by atoms with Crippen LogP contribution in [0.5, 0.6) is 0 Å². The first-order valence-corrected chi connectivity index (χ1v) is 9.40. The largest absolute Gasteiger partial charge is 0.355 e. The minimum Gasteiger partial charge on any atom is -0.355 e. The van der Waals surface area contributed by atoms with Crippen molar-refractivity contribution in [3.63, 3.8) is 0 Å². The van der Waals surface area contributed by atoms with Gasteiger partial charge in [0.25, 0.3) is 0 Å². The minimum absolute atomic E-state index is 0. The maximum atomic E-state index is 12.2. The predicted molar refractivity (Wildman–Crippen MR) is 99.3 cm³/mol. The van der Waals surface area contributed by atoms with Crippen molar-refractivity contribution in [2.75, 3.05) is 33.2 Å². The molecule has 1 aliphatic heterocycles. The van der Waals surface area contributed by atoms with E-state index in [1.165, 1.54) is 25.7 Å². The van der Waals surface area contributed by atoms with Crippen molar-refractivity contribution >= 4 is 24.2 Å². The van der Waals surface area contributed by atoms with Crippen molar-refractivity contribution in [2.24, 2.45) is 11.8 Å². The van der Waals surface area contributed by atoms with Gasteiger partial charge in [-0.1, -0.05) is 19.3 Å². The number of nitrogens with zero attached hydrogens (tertiary/aromatic N) is 1. The van der Waals surface area contributed by atoms with E-state index in [4.69, 9.17) is 0 Å². The summed E-state index contributed by atoms with van der Waals surface area (Å²) in [5, 5.41) is 6.16. The van der Waals surface area contributed by atoms with E-state index in [2.05, 4.69) is 10.6 Å². The number of likely N-dealkylation sites (tertiary alicyclic amines) is 1. The molecule has 0 bridgehead atoms. The fourth-order valence-corrected chi connectivity index (χ4v) is 3.78. The zero-order valence-electron chi connectivity index (χ0n) is 15.0. The van der Waals surface area contributed by atoms with Gasteiger partial charge in [0, 0.05) is 32.0 Å². The highest BCUT2D eigenvalue weighted by Gasteiger charge is 2.23. The van der Waals surface area contributed by atoms with Crippen molar-refractivity contribution in [1.29, 1.82) is 0 Å². The average Bonchev–Trinajstić information content (AvgIpc) is 2.61. The van der Waals surface area contributed by atoms with E-state index < -0.39 is 0 Å². The molecule has 2 rings (SSSR count). The van der Waals surface area contributed by atoms with E-state index in [-0.39, 0.29) is 30.1 Å². The third-order valence-corrected chi connectivity index (χ3v) is 5.38. The van der Waals surface area contributed by atoms with Gasteiger partial charge in [-0.3, -0.25) is 9.59 Å². The van der Waals surface area contributed by atoms with Crippen LogP contribution in [0.15, 0.2) is 0 Å². The molecule has 0 aromatic rings. The lowest BCUT2D eigenvalue weighted by Gasteiger charge is -2.32. The van der Waals surface area contributed by atoms with E-state index in [9.17, 15) is 9.59 Å². The summed E-state index contributed by atoms with van der Waals surface area (Å²) in [6, 6.07) is 0. The van der Waals surface area contributed by atoms with Gasteiger partial charge in [-0.05, 0) is 51.6 Å². The first-order valence-electron chi connectivity index (χ1n) is 9.40. The molecule has 2 aliphatic rings. The molecule has 0 radical (unpaired) electrons. The van der Waals surface area contributed by atoms with Crippen LogP contribution in [0.1, 0.15) is 57.8 Å². The van der Waals surface area contributed by atoms with Gasteiger partial charge in [-0.15, -0.1) is 12.4 Å². The van der Waals surface area contributed by atoms with E-state index >= 15 is 0 Å². The van der Waals surface area contributed by atoms with Crippen LogP contribution in [0.4, 0.5) is 0 Å². The normalized spacial score (nSPS) is 19.6. The molecule has 1 saturated carbocycles. The van der Waals surface area contributed by atoms with Crippen LogP contribution in [0, 0.1) is 11.8 Å². The van der Waals surface area contributed by atoms with Crippen LogP contribution in [-0.2, 0) is 9.59 Å². The lowest BCUT2D eigenvalue weighted by molar-refractivity contribution is -0.132. The predicted octanol–water partition coefficient (Wildman–Crippen LogP) is 2.34. The second kappa shape index (κ2) is 11.7. The average molecular weight is 360 g/mol. The molecule has 1 aliphatic carbocycles. The molecule has 2 amide bonds. The molecule has 0 aromatic carbocycles. The third-order valence-electron chi connectivity index (χ3n) is 5.38. The molecule has 0 atom stereocenters. The zero-order chi connectivity index (χ0) is 16.5. The Balaban J connectivity index is 0.00000288. The number of carbonyl (C=O) groups excluding carboxylic acids is 2. The van der Waals surface area contributed by atoms with Crippen LogP contribution in [0.3, 0.4) is 0 Å². The summed E-state index contributed by atoms with van der Waals surface area (Å²) >= 11 is 0. The van der Waals surface area contributed by atoms with E-state index in [1.807, 2.05) is 11.9 Å². The number of piperidine rings is 1. The maximum absolute atomic E-state index is 12.2. The fourth-order valence-electron chi connectivity index (χ4n) is 3.78. The SMILES string of the molecule is CNCCC1CCN(C(=O)CCNC(=O)C2CCCCC2)CC1.Cl. The number of carbonyl (C=O) groups is 2. The van der Waals surface area contributed by atoms with Crippen molar-refractivity contribution in [3.05, 3.63) is 0 Å². The molecule has 0 aromatic heterocycles. The highest BCUT2D eigenvalue weighted by Crippen LogP contribution is 2.23. The van der Waals surface area contributed by atoms with Gasteiger partial charge in [0.2, 0.25) is 11.8 Å². The Hall–Kier alpha value is -0.810. The topological polar surface area (TPSA) is 61.4 Å². The number of nitrogens with one attached hydrogen (secondary N) is 2. The van der Waals surface area contributed by atoms with Crippen LogP contribution >= 0.6 is 12.4 Å². The van der Waals surface area contributed by atoms with Gasteiger partial charge in [-0.25, -0.2) is 0 Å². The highest BCUT2D eigenvalue weighted by atomic mass is 35.5. The number of hydrogen-bond donors (Lipinski definition) is 2. The molecular weight excluding hydrogens is 326 g/mol. The van der Waals surface area contributed by atoms with E-state index in [1.54, 1.807) is 0 Å². The lowest BCUT2D eigenvalue weighted by Crippen LogP contribution is -2.41. The molecule has 2 N–H and O–H groups in total. The molecule has 140 valence electrons. The Morgan fingerprint density at radius 3 is 2.29 bits per heavy atom. The number of amides is 2. The Bertz CT molecular complexity index is 378. The first kappa shape index (κ1) is 21.2. The number of rotatable bonds is 7. The van der Waals surface area contributed by atoms with Gasteiger partial charge < -0.3 is 15.5 Å². The Labute approximate surface area is 152 Å². The highest BCUT2D eigenvalue weighted by molar-refractivity contribution is 5.85. The van der Waals surface area contributed by atoms with Crippen molar-refractivity contribution < 1.29 is 9.59 Å². The summed E-state index contributed by atoms with van der Waals surface area (Å²) in [7, 11) is 1.99. The van der Waals surface area contributed by atoms with Gasteiger partial charge in [0.1, 0.15) is 0 Å². The minimum atomic E-state index is 0. The van der Waals surface area contributed by atoms with Gasteiger partial charge in [-0.2, -0.15) is 0 Å². The summed E-state index contributed by atoms with van der Waals surface area (Å²) in [5.41, 5.74) is 0. The van der Waals surface area contributed by atoms with Crippen LogP contribution in [-0.4, -0.2) is 49.9 Å². The molecule has 2 fully saturated rings. The first-order chi connectivity index (χ1) is 11.2. The zero-order valence-corrected chi connectivity index (χ0v) is 15.8. The molecule has 6 heteroatoms. The Morgan fingerprint density at radius 1 is 1.00 bits per heavy atom. The summed E-state index contributed by atoms with van der Waals surface area (Å²) in [4.78, 5) is 26.3. The lowest BCUT2D eigenvalue weighted by atomic mass is 9.89. The quantitative estimate of drug-likeness (QED) is 0.733. The fraction of sp³-hybridized carbons (Fsp3) is 0.889. The van der Waals surface area contributed by atoms with Crippen molar-refractivity contribution in [2.45, 2.75) is 57.8 Å². The molecular formula is C18H34ClN3O2. The summed E-state index contributed by atoms with van der Waals surface area (Å²) in [6.07, 6.45) is 9.49. The van der Waals surface area contributed by atoms with Gasteiger partial charge in [0.15, 0.2) is 0 Å². The van der Waals surface area contributed by atoms with Crippen LogP contribution < -0.4 is 10.6 Å². The van der Waals surface area contributed by atoms with E-state index in [0.29, 0.717) is 13.0 Å².